The van der Waals surface area contributed by atoms with Gasteiger partial charge in [0.2, 0.25) is 0 Å². The number of hydrogen-bond donors (Lipinski definition) is 2. The first-order chi connectivity index (χ1) is 6.06. The number of rotatable bonds is 7. The Morgan fingerprint density at radius 2 is 1.85 bits per heavy atom. The first-order valence-corrected chi connectivity index (χ1v) is 4.11. The SMILES string of the molecule is NCCOCCNCCC(F)(F)F. The molecule has 6 heteroatoms. The minimum Gasteiger partial charge on any atom is -0.379 e. The van der Waals surface area contributed by atoms with Crippen LogP contribution < -0.4 is 11.1 Å². The Morgan fingerprint density at radius 3 is 2.38 bits per heavy atom. The van der Waals surface area contributed by atoms with Crippen LogP contribution in [0.15, 0.2) is 0 Å². The predicted molar refractivity (Wildman–Crippen MR) is 43.4 cm³/mol. The van der Waals surface area contributed by atoms with E-state index in [0.717, 1.165) is 0 Å². The molecule has 0 heterocycles. The predicted octanol–water partition coefficient (Wildman–Crippen LogP) is 0.504. The number of ether oxygens (including phenoxy) is 1. The second kappa shape index (κ2) is 7.11. The quantitative estimate of drug-likeness (QED) is 0.588. The van der Waals surface area contributed by atoms with E-state index in [1.54, 1.807) is 0 Å². The number of hydrogen-bond acceptors (Lipinski definition) is 3. The molecular formula is C7H15F3N2O. The third-order valence-electron chi connectivity index (χ3n) is 1.27. The standard InChI is InChI=1S/C7H15F3N2O/c8-7(9,10)1-3-12-4-6-13-5-2-11/h12H,1-6,11H2. The zero-order valence-corrected chi connectivity index (χ0v) is 7.36. The van der Waals surface area contributed by atoms with Crippen molar-refractivity contribution in [2.24, 2.45) is 5.73 Å². The molecule has 0 aliphatic rings. The summed E-state index contributed by atoms with van der Waals surface area (Å²) in [6, 6.07) is 0. The Morgan fingerprint density at radius 1 is 1.15 bits per heavy atom. The normalized spacial score (nSPS) is 12.0. The molecule has 0 rings (SSSR count). The zero-order valence-electron chi connectivity index (χ0n) is 7.36. The van der Waals surface area contributed by atoms with E-state index in [1.165, 1.54) is 0 Å². The largest absolute Gasteiger partial charge is 0.390 e. The molecule has 0 radical (unpaired) electrons. The van der Waals surface area contributed by atoms with Crippen LogP contribution in [0.2, 0.25) is 0 Å². The second-order valence-corrected chi connectivity index (χ2v) is 2.52. The molecule has 0 saturated heterocycles. The van der Waals surface area contributed by atoms with E-state index in [0.29, 0.717) is 26.3 Å². The van der Waals surface area contributed by atoms with Gasteiger partial charge in [0.1, 0.15) is 0 Å². The van der Waals surface area contributed by atoms with Gasteiger partial charge in [-0.25, -0.2) is 0 Å². The molecule has 0 aromatic carbocycles. The van der Waals surface area contributed by atoms with Crippen LogP contribution in [0.5, 0.6) is 0 Å². The maximum Gasteiger partial charge on any atom is 0.390 e. The Kier molecular flexibility index (Phi) is 6.93. The summed E-state index contributed by atoms with van der Waals surface area (Å²) in [5.41, 5.74) is 5.13. The van der Waals surface area contributed by atoms with E-state index in [4.69, 9.17) is 10.5 Å². The molecule has 0 spiro atoms. The summed E-state index contributed by atoms with van der Waals surface area (Å²) in [5, 5.41) is 2.62. The van der Waals surface area contributed by atoms with Crippen molar-refractivity contribution in [3.05, 3.63) is 0 Å². The van der Waals surface area contributed by atoms with E-state index in [-0.39, 0.29) is 6.54 Å². The van der Waals surface area contributed by atoms with Crippen LogP contribution >= 0.6 is 0 Å². The van der Waals surface area contributed by atoms with Gasteiger partial charge in [-0.2, -0.15) is 13.2 Å². The van der Waals surface area contributed by atoms with E-state index >= 15 is 0 Å². The molecule has 0 atom stereocenters. The van der Waals surface area contributed by atoms with Crippen molar-refractivity contribution in [2.75, 3.05) is 32.8 Å². The van der Waals surface area contributed by atoms with Gasteiger partial charge in [-0.15, -0.1) is 0 Å². The monoisotopic (exact) mass is 200 g/mol. The van der Waals surface area contributed by atoms with Crippen molar-refractivity contribution in [3.63, 3.8) is 0 Å². The van der Waals surface area contributed by atoms with Crippen LogP contribution in [0.3, 0.4) is 0 Å². The van der Waals surface area contributed by atoms with Crippen LogP contribution in [-0.4, -0.2) is 39.0 Å². The van der Waals surface area contributed by atoms with E-state index in [2.05, 4.69) is 5.32 Å². The summed E-state index contributed by atoms with van der Waals surface area (Å²) in [7, 11) is 0. The van der Waals surface area contributed by atoms with Gasteiger partial charge in [0.25, 0.3) is 0 Å². The van der Waals surface area contributed by atoms with E-state index in [9.17, 15) is 13.2 Å². The fourth-order valence-electron chi connectivity index (χ4n) is 0.685. The fraction of sp³-hybridized carbons (Fsp3) is 1.00. The van der Waals surface area contributed by atoms with Crippen LogP contribution in [0.1, 0.15) is 6.42 Å². The van der Waals surface area contributed by atoms with Crippen molar-refractivity contribution < 1.29 is 17.9 Å². The number of nitrogens with two attached hydrogens (primary N) is 1. The average molecular weight is 200 g/mol. The minimum atomic E-state index is -4.08. The van der Waals surface area contributed by atoms with Crippen molar-refractivity contribution in [2.45, 2.75) is 12.6 Å². The van der Waals surface area contributed by atoms with E-state index in [1.807, 2.05) is 0 Å². The number of alkyl halides is 3. The fourth-order valence-corrected chi connectivity index (χ4v) is 0.685. The highest BCUT2D eigenvalue weighted by atomic mass is 19.4. The molecule has 0 aromatic heterocycles. The lowest BCUT2D eigenvalue weighted by molar-refractivity contribution is -0.133. The van der Waals surface area contributed by atoms with Gasteiger partial charge in [0.15, 0.2) is 0 Å². The number of halogens is 3. The van der Waals surface area contributed by atoms with Crippen LogP contribution in [0.4, 0.5) is 13.2 Å². The molecular weight excluding hydrogens is 185 g/mol. The summed E-state index contributed by atoms with van der Waals surface area (Å²) < 4.78 is 39.7. The molecule has 3 nitrogen and oxygen atoms in total. The first kappa shape index (κ1) is 12.7. The van der Waals surface area contributed by atoms with Crippen LogP contribution in [0.25, 0.3) is 0 Å². The van der Waals surface area contributed by atoms with Gasteiger partial charge in [-0.3, -0.25) is 0 Å². The summed E-state index contributed by atoms with van der Waals surface area (Å²) in [6.07, 6.45) is -4.88. The Hall–Kier alpha value is -0.330. The smallest absolute Gasteiger partial charge is 0.379 e. The molecule has 0 fully saturated rings. The molecule has 0 bridgehead atoms. The Labute approximate surface area is 75.4 Å². The third-order valence-corrected chi connectivity index (χ3v) is 1.27. The zero-order chi connectivity index (χ0) is 10.2. The summed E-state index contributed by atoms with van der Waals surface area (Å²) in [6.45, 7) is 1.64. The van der Waals surface area contributed by atoms with Crippen molar-refractivity contribution in [3.8, 4) is 0 Å². The number of nitrogens with one attached hydrogen (secondary N) is 1. The third kappa shape index (κ3) is 11.7. The van der Waals surface area contributed by atoms with Gasteiger partial charge < -0.3 is 15.8 Å². The van der Waals surface area contributed by atoms with Crippen LogP contribution in [0, 0.1) is 0 Å². The van der Waals surface area contributed by atoms with Gasteiger partial charge in [0.05, 0.1) is 19.6 Å². The molecule has 0 amide bonds. The van der Waals surface area contributed by atoms with Gasteiger partial charge in [-0.1, -0.05) is 0 Å². The molecule has 0 saturated carbocycles. The molecule has 0 unspecified atom stereocenters. The first-order valence-electron chi connectivity index (χ1n) is 4.11. The summed E-state index contributed by atoms with van der Waals surface area (Å²) in [4.78, 5) is 0. The average Bonchev–Trinajstić information content (AvgIpc) is 2.01. The molecule has 0 aliphatic heterocycles. The topological polar surface area (TPSA) is 47.3 Å². The van der Waals surface area contributed by atoms with Gasteiger partial charge in [-0.05, 0) is 0 Å². The lowest BCUT2D eigenvalue weighted by Crippen LogP contribution is -2.25. The summed E-state index contributed by atoms with van der Waals surface area (Å²) >= 11 is 0. The van der Waals surface area contributed by atoms with E-state index < -0.39 is 12.6 Å². The highest BCUT2D eigenvalue weighted by Gasteiger charge is 2.25. The molecule has 3 N–H and O–H groups in total. The molecule has 80 valence electrons. The van der Waals surface area contributed by atoms with Gasteiger partial charge in [0, 0.05) is 19.6 Å². The van der Waals surface area contributed by atoms with Crippen LogP contribution in [-0.2, 0) is 4.74 Å². The van der Waals surface area contributed by atoms with Crippen molar-refractivity contribution in [1.82, 2.24) is 5.32 Å². The highest BCUT2D eigenvalue weighted by molar-refractivity contribution is 4.54. The molecule has 0 aliphatic carbocycles. The molecule has 0 aromatic rings. The maximum absolute atomic E-state index is 11.6. The summed E-state index contributed by atoms with van der Waals surface area (Å²) in [5.74, 6) is 0. The van der Waals surface area contributed by atoms with Crippen molar-refractivity contribution >= 4 is 0 Å². The Bertz CT molecular complexity index is 119. The molecule has 13 heavy (non-hydrogen) atoms. The lowest BCUT2D eigenvalue weighted by Gasteiger charge is -2.07. The van der Waals surface area contributed by atoms with Crippen molar-refractivity contribution in [1.29, 1.82) is 0 Å². The minimum absolute atomic E-state index is 0.0600. The lowest BCUT2D eigenvalue weighted by atomic mass is 10.4. The maximum atomic E-state index is 11.6. The van der Waals surface area contributed by atoms with Gasteiger partial charge >= 0.3 is 6.18 Å². The Balaban J connectivity index is 3.00. The highest BCUT2D eigenvalue weighted by Crippen LogP contribution is 2.17. The second-order valence-electron chi connectivity index (χ2n) is 2.52.